The van der Waals surface area contributed by atoms with Crippen molar-refractivity contribution in [2.75, 3.05) is 6.54 Å². The van der Waals surface area contributed by atoms with Gasteiger partial charge < -0.3 is 0 Å². The van der Waals surface area contributed by atoms with E-state index in [0.717, 1.165) is 12.1 Å². The zero-order valence-corrected chi connectivity index (χ0v) is 12.0. The van der Waals surface area contributed by atoms with E-state index in [1.54, 1.807) is 6.92 Å². The van der Waals surface area contributed by atoms with Crippen LogP contribution >= 0.6 is 15.9 Å². The summed E-state index contributed by atoms with van der Waals surface area (Å²) in [5.41, 5.74) is 1.62. The Balaban J connectivity index is 2.04. The number of alkyl halides is 1. The lowest BCUT2D eigenvalue weighted by Crippen LogP contribution is -2.25. The number of hydrogen-bond acceptors (Lipinski definition) is 2. The molecule has 100 valence electrons. The molecular weight excluding hydrogens is 314 g/mol. The van der Waals surface area contributed by atoms with Crippen molar-refractivity contribution in [1.82, 2.24) is 0 Å². The van der Waals surface area contributed by atoms with Gasteiger partial charge in [0.2, 0.25) is 0 Å². The molecule has 0 N–H and O–H groups in total. The van der Waals surface area contributed by atoms with Crippen LogP contribution in [0.25, 0.3) is 0 Å². The lowest BCUT2D eigenvalue weighted by molar-refractivity contribution is 0.525. The normalized spacial score (nSPS) is 29.3. The highest BCUT2D eigenvalue weighted by atomic mass is 79.9. The first-order valence-electron chi connectivity index (χ1n) is 6.24. The average molecular weight is 327 g/mol. The molecular formula is C14H13BrF2N2. The van der Waals surface area contributed by atoms with Gasteiger partial charge >= 0.3 is 0 Å². The van der Waals surface area contributed by atoms with Crippen LogP contribution in [0.5, 0.6) is 0 Å². The minimum atomic E-state index is -0.521. The van der Waals surface area contributed by atoms with Crippen LogP contribution in [0.3, 0.4) is 0 Å². The van der Waals surface area contributed by atoms with Crippen molar-refractivity contribution in [1.29, 1.82) is 0 Å². The van der Waals surface area contributed by atoms with Crippen LogP contribution in [-0.2, 0) is 0 Å². The van der Waals surface area contributed by atoms with Crippen molar-refractivity contribution in [2.45, 2.75) is 24.2 Å². The molecule has 2 aliphatic rings. The van der Waals surface area contributed by atoms with E-state index in [0.29, 0.717) is 12.1 Å². The van der Waals surface area contributed by atoms with Gasteiger partial charge in [0.15, 0.2) is 0 Å². The molecule has 1 aromatic carbocycles. The molecule has 0 amide bonds. The molecule has 0 radical (unpaired) electrons. The Labute approximate surface area is 118 Å². The highest BCUT2D eigenvalue weighted by molar-refractivity contribution is 9.09. The Morgan fingerprint density at radius 1 is 1.26 bits per heavy atom. The molecule has 19 heavy (non-hydrogen) atoms. The van der Waals surface area contributed by atoms with Gasteiger partial charge in [0.05, 0.1) is 10.9 Å². The smallest absolute Gasteiger partial charge is 0.131 e. The number of hydrogen-bond donors (Lipinski definition) is 0. The van der Waals surface area contributed by atoms with Crippen LogP contribution in [0.2, 0.25) is 0 Å². The first kappa shape index (κ1) is 12.9. The van der Waals surface area contributed by atoms with Gasteiger partial charge in [-0.25, -0.2) is 8.78 Å². The molecule has 0 aromatic heterocycles. The van der Waals surface area contributed by atoms with Crippen LogP contribution in [0.4, 0.5) is 8.78 Å². The third kappa shape index (κ3) is 2.14. The van der Waals surface area contributed by atoms with Crippen molar-refractivity contribution >= 4 is 27.9 Å². The maximum absolute atomic E-state index is 14.1. The first-order valence-corrected chi connectivity index (χ1v) is 7.15. The molecule has 3 unspecified atom stereocenters. The Bertz CT molecular complexity index is 560. The zero-order valence-electron chi connectivity index (χ0n) is 10.4. The summed E-state index contributed by atoms with van der Waals surface area (Å²) in [5.74, 6) is -0.988. The maximum Gasteiger partial charge on any atom is 0.131 e. The van der Waals surface area contributed by atoms with E-state index in [9.17, 15) is 8.78 Å². The molecule has 3 rings (SSSR count). The number of halogens is 3. The summed E-state index contributed by atoms with van der Waals surface area (Å²) >= 11 is 3.53. The molecule has 2 aliphatic heterocycles. The molecule has 0 saturated heterocycles. The van der Waals surface area contributed by atoms with Crippen LogP contribution in [0, 0.1) is 24.5 Å². The van der Waals surface area contributed by atoms with Crippen LogP contribution in [0.1, 0.15) is 23.6 Å². The predicted octanol–water partition coefficient (Wildman–Crippen LogP) is 3.62. The van der Waals surface area contributed by atoms with Gasteiger partial charge in [0, 0.05) is 36.4 Å². The highest BCUT2D eigenvalue weighted by Crippen LogP contribution is 2.41. The molecule has 0 bridgehead atoms. The molecule has 3 atom stereocenters. The molecule has 0 aliphatic carbocycles. The Morgan fingerprint density at radius 2 is 1.95 bits per heavy atom. The fourth-order valence-corrected chi connectivity index (χ4v) is 3.52. The van der Waals surface area contributed by atoms with Gasteiger partial charge in [0.25, 0.3) is 0 Å². The van der Waals surface area contributed by atoms with Gasteiger partial charge in [-0.15, -0.1) is 0 Å². The van der Waals surface area contributed by atoms with Crippen LogP contribution < -0.4 is 0 Å². The van der Waals surface area contributed by atoms with E-state index in [4.69, 9.17) is 0 Å². The molecule has 5 heteroatoms. The third-order valence-corrected chi connectivity index (χ3v) is 4.69. The van der Waals surface area contributed by atoms with Gasteiger partial charge in [-0.3, -0.25) is 9.98 Å². The molecule has 2 heterocycles. The van der Waals surface area contributed by atoms with E-state index in [2.05, 4.69) is 25.9 Å². The van der Waals surface area contributed by atoms with Crippen LogP contribution in [0.15, 0.2) is 22.1 Å². The number of rotatable bonds is 1. The second kappa shape index (κ2) is 4.78. The number of benzene rings is 1. The van der Waals surface area contributed by atoms with Crippen molar-refractivity contribution in [3.8, 4) is 0 Å². The Morgan fingerprint density at radius 3 is 2.58 bits per heavy atom. The zero-order chi connectivity index (χ0) is 13.6. The third-order valence-electron chi connectivity index (χ3n) is 3.62. The van der Waals surface area contributed by atoms with Gasteiger partial charge in [0.1, 0.15) is 11.6 Å². The number of aliphatic imine (C=N–C) groups is 2. The van der Waals surface area contributed by atoms with Crippen molar-refractivity contribution in [3.63, 3.8) is 0 Å². The summed E-state index contributed by atoms with van der Waals surface area (Å²) in [6, 6.07) is 2.20. The maximum atomic E-state index is 14.1. The minimum Gasteiger partial charge on any atom is -0.296 e. The number of fused-ring (bicyclic) bond motifs is 1. The summed E-state index contributed by atoms with van der Waals surface area (Å²) < 4.78 is 28.1. The van der Waals surface area contributed by atoms with E-state index in [-0.39, 0.29) is 16.3 Å². The quantitative estimate of drug-likeness (QED) is 0.704. The van der Waals surface area contributed by atoms with E-state index >= 15 is 0 Å². The molecule has 0 saturated carbocycles. The number of nitrogens with zero attached hydrogens (tertiary/aromatic N) is 2. The fourth-order valence-electron chi connectivity index (χ4n) is 2.70. The van der Waals surface area contributed by atoms with Gasteiger partial charge in [-0.05, 0) is 24.6 Å². The average Bonchev–Trinajstić information content (AvgIpc) is 2.66. The molecule has 1 aromatic rings. The van der Waals surface area contributed by atoms with Crippen molar-refractivity contribution < 1.29 is 8.78 Å². The SMILES string of the molecule is Cc1cc(F)c(C2N=C3CCN=CC3C2Br)c(F)c1. The predicted molar refractivity (Wildman–Crippen MR) is 75.5 cm³/mol. The lowest BCUT2D eigenvalue weighted by atomic mass is 9.93. The van der Waals surface area contributed by atoms with E-state index in [1.807, 2.05) is 6.21 Å². The summed E-state index contributed by atoms with van der Waals surface area (Å²) in [4.78, 5) is 8.62. The first-order chi connectivity index (χ1) is 9.08. The summed E-state index contributed by atoms with van der Waals surface area (Å²) in [5, 5.41) is 0. The topological polar surface area (TPSA) is 24.7 Å². The fraction of sp³-hybridized carbons (Fsp3) is 0.429. The lowest BCUT2D eigenvalue weighted by Gasteiger charge is -2.19. The van der Waals surface area contributed by atoms with E-state index < -0.39 is 17.7 Å². The Hall–Kier alpha value is -1.10. The second-order valence-electron chi connectivity index (χ2n) is 4.98. The summed E-state index contributed by atoms with van der Waals surface area (Å²) in [6.45, 7) is 2.38. The van der Waals surface area contributed by atoms with Gasteiger partial charge in [-0.2, -0.15) is 0 Å². The monoisotopic (exact) mass is 326 g/mol. The Kier molecular flexibility index (Phi) is 3.25. The molecule has 0 spiro atoms. The molecule has 0 fully saturated rings. The van der Waals surface area contributed by atoms with Crippen LogP contribution in [-0.4, -0.2) is 23.3 Å². The van der Waals surface area contributed by atoms with Gasteiger partial charge in [-0.1, -0.05) is 15.9 Å². The standard InChI is InChI=1S/C14H13BrF2N2/c1-7-4-9(16)12(10(17)5-7)14-13(15)8-6-18-3-2-11(8)19-14/h4-6,8,13-14H,2-3H2,1H3. The van der Waals surface area contributed by atoms with E-state index in [1.165, 1.54) is 12.1 Å². The summed E-state index contributed by atoms with van der Waals surface area (Å²) in [7, 11) is 0. The summed E-state index contributed by atoms with van der Waals surface area (Å²) in [6.07, 6.45) is 2.61. The van der Waals surface area contributed by atoms with Crippen molar-refractivity contribution in [3.05, 3.63) is 34.9 Å². The highest BCUT2D eigenvalue weighted by Gasteiger charge is 2.40. The van der Waals surface area contributed by atoms with Crippen molar-refractivity contribution in [2.24, 2.45) is 15.9 Å². The largest absolute Gasteiger partial charge is 0.296 e. The molecule has 2 nitrogen and oxygen atoms in total. The minimum absolute atomic E-state index is 0.0545. The number of aryl methyl sites for hydroxylation is 1. The second-order valence-corrected chi connectivity index (χ2v) is 6.04.